The molecule has 63 heavy (non-hydrogen) atoms. The fourth-order valence-electron chi connectivity index (χ4n) is 8.52. The van der Waals surface area contributed by atoms with Crippen molar-refractivity contribution in [1.29, 1.82) is 0 Å². The number of hydrogen-bond donors (Lipinski definition) is 0. The van der Waals surface area contributed by atoms with Gasteiger partial charge in [0.1, 0.15) is 17.4 Å². The molecule has 1 aliphatic heterocycles. The minimum atomic E-state index is -0.656. The van der Waals surface area contributed by atoms with Gasteiger partial charge in [-0.2, -0.15) is 0 Å². The molecule has 15 heteroatoms. The lowest BCUT2D eigenvalue weighted by molar-refractivity contribution is -0.146. The van der Waals surface area contributed by atoms with E-state index in [-0.39, 0.29) is 67.3 Å². The van der Waals surface area contributed by atoms with Crippen molar-refractivity contribution in [3.8, 4) is 0 Å². The number of carbonyl (C=O) groups excluding carboxylic acids is 5. The van der Waals surface area contributed by atoms with E-state index in [0.717, 1.165) is 18.4 Å². The molecule has 8 atom stereocenters. The van der Waals surface area contributed by atoms with Crippen LogP contribution in [0.5, 0.6) is 0 Å². The zero-order chi connectivity index (χ0) is 47.9. The maximum absolute atomic E-state index is 14.4. The summed E-state index contributed by atoms with van der Waals surface area (Å²) in [6, 6.07) is 8.19. The second kappa shape index (κ2) is 25.3. The Kier molecular flexibility index (Phi) is 22.0. The van der Waals surface area contributed by atoms with E-state index in [0.29, 0.717) is 25.3 Å². The summed E-state index contributed by atoms with van der Waals surface area (Å²) in [5.41, 5.74) is 0.285. The maximum atomic E-state index is 14.4. The third kappa shape index (κ3) is 16.1. The Hall–Kier alpha value is -4.24. The smallest absolute Gasteiger partial charge is 0.410 e. The van der Waals surface area contributed by atoms with E-state index in [4.69, 9.17) is 19.2 Å². The van der Waals surface area contributed by atoms with E-state index < -0.39 is 47.8 Å². The Balaban J connectivity index is 2.33. The topological polar surface area (TPSA) is 145 Å². The third-order valence-electron chi connectivity index (χ3n) is 12.3. The molecule has 0 saturated carbocycles. The van der Waals surface area contributed by atoms with E-state index in [1.165, 1.54) is 4.90 Å². The molecule has 1 aromatic carbocycles. The van der Waals surface area contributed by atoms with Gasteiger partial charge in [-0.25, -0.2) is 9.79 Å². The summed E-state index contributed by atoms with van der Waals surface area (Å²) in [6.45, 7) is 16.4. The quantitative estimate of drug-likeness (QED) is 0.107. The summed E-state index contributed by atoms with van der Waals surface area (Å²) in [6.07, 6.45) is 0.847. The van der Waals surface area contributed by atoms with Gasteiger partial charge in [0.15, 0.2) is 5.96 Å². The summed E-state index contributed by atoms with van der Waals surface area (Å²) in [4.78, 5) is 85.0. The number of likely N-dealkylation sites (tertiary alicyclic amines) is 1. The van der Waals surface area contributed by atoms with Crippen molar-refractivity contribution in [2.24, 2.45) is 28.7 Å². The second-order valence-corrected chi connectivity index (χ2v) is 19.2. The van der Waals surface area contributed by atoms with Crippen LogP contribution in [0.2, 0.25) is 0 Å². The second-order valence-electron chi connectivity index (χ2n) is 19.2. The maximum Gasteiger partial charge on any atom is 0.410 e. The molecule has 1 aliphatic rings. The van der Waals surface area contributed by atoms with Gasteiger partial charge < -0.3 is 43.6 Å². The van der Waals surface area contributed by atoms with Gasteiger partial charge >= 0.3 is 6.09 Å². The molecule has 1 aromatic rings. The monoisotopic (exact) mass is 886 g/mol. The molecule has 0 bridgehead atoms. The van der Waals surface area contributed by atoms with Gasteiger partial charge in [-0.1, -0.05) is 71.4 Å². The Labute approximate surface area is 379 Å². The van der Waals surface area contributed by atoms with E-state index in [2.05, 4.69) is 13.8 Å². The molecule has 1 fully saturated rings. The minimum Gasteiger partial charge on any atom is -0.444 e. The number of methoxy groups -OCH3 is 2. The fraction of sp³-hybridized carbons (Fsp3) is 0.750. The van der Waals surface area contributed by atoms with E-state index in [1.807, 2.05) is 94.0 Å². The molecule has 358 valence electrons. The molecular weight excluding hydrogens is 803 g/mol. The highest BCUT2D eigenvalue weighted by atomic mass is 16.6. The zero-order valence-corrected chi connectivity index (χ0v) is 41.8. The Morgan fingerprint density at radius 1 is 0.825 bits per heavy atom. The van der Waals surface area contributed by atoms with E-state index in [1.54, 1.807) is 65.9 Å². The average molecular weight is 886 g/mol. The predicted octanol–water partition coefficient (Wildman–Crippen LogP) is 5.55. The Morgan fingerprint density at radius 3 is 1.92 bits per heavy atom. The van der Waals surface area contributed by atoms with Crippen LogP contribution in [0.25, 0.3) is 0 Å². The van der Waals surface area contributed by atoms with Gasteiger partial charge in [0, 0.05) is 101 Å². The first-order valence-corrected chi connectivity index (χ1v) is 22.7. The molecule has 4 amide bonds. The first kappa shape index (κ1) is 54.9. The predicted molar refractivity (Wildman–Crippen MR) is 249 cm³/mol. The lowest BCUT2D eigenvalue weighted by atomic mass is 9.85. The first-order chi connectivity index (χ1) is 29.4. The molecule has 0 aromatic heterocycles. The van der Waals surface area contributed by atoms with Crippen LogP contribution < -0.4 is 0 Å². The van der Waals surface area contributed by atoms with Gasteiger partial charge in [-0.3, -0.25) is 19.2 Å². The largest absolute Gasteiger partial charge is 0.444 e. The van der Waals surface area contributed by atoms with Crippen molar-refractivity contribution in [1.82, 2.24) is 29.4 Å². The number of Topliss-reactive ketones (excluding diaryl/α,β-unsaturated/α-hetero) is 1. The lowest BCUT2D eigenvalue weighted by Gasteiger charge is -2.40. The van der Waals surface area contributed by atoms with Crippen molar-refractivity contribution in [2.45, 2.75) is 130 Å². The third-order valence-corrected chi connectivity index (χ3v) is 12.3. The van der Waals surface area contributed by atoms with Crippen LogP contribution >= 0.6 is 0 Å². The molecule has 0 spiro atoms. The van der Waals surface area contributed by atoms with Gasteiger partial charge in [-0.15, -0.1) is 0 Å². The van der Waals surface area contributed by atoms with Crippen molar-refractivity contribution in [3.05, 3.63) is 35.9 Å². The van der Waals surface area contributed by atoms with Crippen molar-refractivity contribution >= 4 is 35.6 Å². The number of aliphatic imine (C=N–C) groups is 1. The number of nitrogens with zero attached hydrogens (tertiary/aromatic N) is 7. The molecule has 0 unspecified atom stereocenters. The number of carbonyl (C=O) groups is 5. The summed E-state index contributed by atoms with van der Waals surface area (Å²) in [5.74, 6) is -1.27. The van der Waals surface area contributed by atoms with Crippen molar-refractivity contribution in [2.75, 3.05) is 83.2 Å². The van der Waals surface area contributed by atoms with Crippen LogP contribution in [0.4, 0.5) is 4.79 Å². The number of ether oxygens (including phenoxy) is 3. The molecule has 0 aliphatic carbocycles. The number of benzene rings is 1. The molecule has 2 rings (SSSR count). The molecule has 15 nitrogen and oxygen atoms in total. The van der Waals surface area contributed by atoms with Crippen LogP contribution in [0.3, 0.4) is 0 Å². The summed E-state index contributed by atoms with van der Waals surface area (Å²) in [5, 5.41) is 0. The highest BCUT2D eigenvalue weighted by Crippen LogP contribution is 2.31. The molecule has 0 N–H and O–H groups in total. The highest BCUT2D eigenvalue weighted by molar-refractivity contribution is 5.89. The number of rotatable bonds is 22. The molecule has 1 saturated heterocycles. The van der Waals surface area contributed by atoms with Gasteiger partial charge in [0.2, 0.25) is 17.7 Å². The minimum absolute atomic E-state index is 0.00544. The van der Waals surface area contributed by atoms with Crippen LogP contribution in [-0.2, 0) is 39.8 Å². The van der Waals surface area contributed by atoms with Crippen molar-refractivity contribution < 1.29 is 38.2 Å². The first-order valence-electron chi connectivity index (χ1n) is 22.7. The number of amides is 4. The number of hydrogen-bond acceptors (Lipinski definition) is 9. The van der Waals surface area contributed by atoms with Gasteiger partial charge in [-0.05, 0) is 57.4 Å². The van der Waals surface area contributed by atoms with Crippen LogP contribution in [0, 0.1) is 23.7 Å². The normalized spacial score (nSPS) is 17.4. The standard InChI is InChI=1S/C48H83N7O8/c1-18-33(4)42(54(15)45(59)41(32(2)3)49-46(50(9)10)51(11)12)39(61-16)31-40(57)55-26-22-25-37(55)43(62-17)34(5)38(56)30-36(29-35-23-20-19-21-24-35)44(58)52(13)27-28-53(14)47(60)63-48(6,7)8/h19-21,23-24,32-34,36-37,39,41-43H,18,22,25-31H2,1-17H3/t33-,34-,36+,37-,39+,41-,42-,43+/m0/s1. The zero-order valence-electron chi connectivity index (χ0n) is 41.8. The highest BCUT2D eigenvalue weighted by Gasteiger charge is 2.43. The van der Waals surface area contributed by atoms with Gasteiger partial charge in [0.05, 0.1) is 30.7 Å². The Morgan fingerprint density at radius 2 is 1.41 bits per heavy atom. The lowest BCUT2D eigenvalue weighted by Crippen LogP contribution is -2.55. The summed E-state index contributed by atoms with van der Waals surface area (Å²) < 4.78 is 17.7. The number of guanidine groups is 1. The van der Waals surface area contributed by atoms with Crippen LogP contribution in [0.1, 0.15) is 93.1 Å². The number of ketones is 1. The fourth-order valence-corrected chi connectivity index (χ4v) is 8.52. The average Bonchev–Trinajstić information content (AvgIpc) is 3.70. The van der Waals surface area contributed by atoms with Gasteiger partial charge in [0.25, 0.3) is 0 Å². The van der Waals surface area contributed by atoms with E-state index in [9.17, 15) is 24.0 Å². The summed E-state index contributed by atoms with van der Waals surface area (Å²) in [7, 11) is 15.9. The molecule has 1 heterocycles. The van der Waals surface area contributed by atoms with E-state index >= 15 is 0 Å². The Bertz CT molecular complexity index is 1640. The molecule has 0 radical (unpaired) electrons. The van der Waals surface area contributed by atoms with Crippen molar-refractivity contribution in [3.63, 3.8) is 0 Å². The number of likely N-dealkylation sites (N-methyl/N-ethyl adjacent to an activating group) is 3. The van der Waals surface area contributed by atoms with Crippen LogP contribution in [-0.4, -0.2) is 184 Å². The van der Waals surface area contributed by atoms with Crippen LogP contribution in [0.15, 0.2) is 35.3 Å². The summed E-state index contributed by atoms with van der Waals surface area (Å²) >= 11 is 0. The SMILES string of the molecule is CC[C@H](C)[C@@H]([C@@H](CC(=O)N1CCC[C@H]1[C@H](OC)[C@@H](C)C(=O)C[C@@H](Cc1ccccc1)C(=O)N(C)CCN(C)C(=O)OC(C)(C)C)OC)N(C)C(=O)[C@@H](N=C(N(C)C)N(C)C)C(C)C. The molecular formula is C48H83N7O8.